The molecule has 18 heavy (non-hydrogen) atoms. The van der Waals surface area contributed by atoms with E-state index in [1.807, 2.05) is 0 Å². The van der Waals surface area contributed by atoms with Gasteiger partial charge in [0.15, 0.2) is 5.82 Å². The molecule has 0 spiro atoms. The van der Waals surface area contributed by atoms with E-state index < -0.39 is 6.10 Å². The normalized spacial score (nSPS) is 15.4. The lowest BCUT2D eigenvalue weighted by Gasteiger charge is -2.10. The van der Waals surface area contributed by atoms with E-state index in [2.05, 4.69) is 28.2 Å². The standard InChI is InChI=1S/C15H16N2O/c18-14(15-16-7-2-8-17-15)10-11-5-6-12-3-1-4-13(12)9-11/h2,5-9,14,18H,1,3-4,10H2. The van der Waals surface area contributed by atoms with E-state index in [1.165, 1.54) is 30.4 Å². The molecule has 0 saturated carbocycles. The Balaban J connectivity index is 1.77. The van der Waals surface area contributed by atoms with Crippen molar-refractivity contribution in [1.29, 1.82) is 0 Å². The highest BCUT2D eigenvalue weighted by Crippen LogP contribution is 2.24. The molecule has 1 unspecified atom stereocenters. The number of nitrogens with zero attached hydrogens (tertiary/aromatic N) is 2. The maximum Gasteiger partial charge on any atom is 0.157 e. The summed E-state index contributed by atoms with van der Waals surface area (Å²) in [6.07, 6.45) is 6.90. The molecule has 3 heteroatoms. The van der Waals surface area contributed by atoms with Crippen molar-refractivity contribution in [3.63, 3.8) is 0 Å². The minimum atomic E-state index is -0.620. The van der Waals surface area contributed by atoms with Gasteiger partial charge in [-0.05, 0) is 42.0 Å². The molecule has 0 saturated heterocycles. The van der Waals surface area contributed by atoms with Crippen LogP contribution in [0.1, 0.15) is 35.0 Å². The van der Waals surface area contributed by atoms with E-state index in [1.54, 1.807) is 18.5 Å². The second-order valence-electron chi connectivity index (χ2n) is 4.78. The Morgan fingerprint density at radius 1 is 1.11 bits per heavy atom. The van der Waals surface area contributed by atoms with Crippen LogP contribution in [0.15, 0.2) is 36.7 Å². The van der Waals surface area contributed by atoms with Gasteiger partial charge in [0.25, 0.3) is 0 Å². The van der Waals surface area contributed by atoms with Gasteiger partial charge >= 0.3 is 0 Å². The predicted molar refractivity (Wildman–Crippen MR) is 69.2 cm³/mol. The summed E-state index contributed by atoms with van der Waals surface area (Å²) in [5, 5.41) is 10.1. The predicted octanol–water partition coefficient (Wildman–Crippen LogP) is 2.24. The summed E-state index contributed by atoms with van der Waals surface area (Å²) in [6, 6.07) is 8.27. The highest BCUT2D eigenvalue weighted by Gasteiger charge is 2.14. The van der Waals surface area contributed by atoms with Gasteiger partial charge < -0.3 is 5.11 Å². The zero-order valence-electron chi connectivity index (χ0n) is 10.2. The largest absolute Gasteiger partial charge is 0.385 e. The van der Waals surface area contributed by atoms with Crippen LogP contribution in [0.4, 0.5) is 0 Å². The molecule has 1 N–H and O–H groups in total. The molecule has 0 bridgehead atoms. The molecule has 2 aromatic rings. The van der Waals surface area contributed by atoms with Crippen LogP contribution in [0, 0.1) is 0 Å². The van der Waals surface area contributed by atoms with E-state index in [0.717, 1.165) is 5.56 Å². The molecule has 1 aliphatic carbocycles. The number of aryl methyl sites for hydroxylation is 2. The number of hydrogen-bond acceptors (Lipinski definition) is 3. The van der Waals surface area contributed by atoms with Crippen molar-refractivity contribution in [3.05, 3.63) is 59.2 Å². The Labute approximate surface area is 107 Å². The number of aliphatic hydroxyl groups is 1. The SMILES string of the molecule is OC(Cc1ccc2c(c1)CCC2)c1ncccn1. The van der Waals surface area contributed by atoms with Crippen molar-refractivity contribution in [2.24, 2.45) is 0 Å². The Kier molecular flexibility index (Phi) is 3.07. The zero-order valence-corrected chi connectivity index (χ0v) is 10.2. The van der Waals surface area contributed by atoms with E-state index in [-0.39, 0.29) is 0 Å². The average molecular weight is 240 g/mol. The number of fused-ring (bicyclic) bond motifs is 1. The summed E-state index contributed by atoms with van der Waals surface area (Å²) in [4.78, 5) is 8.17. The maximum absolute atomic E-state index is 10.1. The van der Waals surface area contributed by atoms with Gasteiger partial charge in [-0.15, -0.1) is 0 Å². The fourth-order valence-corrected chi connectivity index (χ4v) is 2.55. The van der Waals surface area contributed by atoms with Crippen molar-refractivity contribution in [3.8, 4) is 0 Å². The van der Waals surface area contributed by atoms with Crippen molar-refractivity contribution in [1.82, 2.24) is 9.97 Å². The molecule has 1 atom stereocenters. The number of rotatable bonds is 3. The zero-order chi connectivity index (χ0) is 12.4. The van der Waals surface area contributed by atoms with Crippen LogP contribution in [-0.2, 0) is 19.3 Å². The number of benzene rings is 1. The van der Waals surface area contributed by atoms with Crippen LogP contribution in [-0.4, -0.2) is 15.1 Å². The smallest absolute Gasteiger partial charge is 0.157 e. The van der Waals surface area contributed by atoms with E-state index in [9.17, 15) is 5.11 Å². The first-order chi connectivity index (χ1) is 8.83. The van der Waals surface area contributed by atoms with Crippen LogP contribution in [0.2, 0.25) is 0 Å². The van der Waals surface area contributed by atoms with Gasteiger partial charge in [-0.25, -0.2) is 9.97 Å². The van der Waals surface area contributed by atoms with E-state index >= 15 is 0 Å². The average Bonchev–Trinajstić information content (AvgIpc) is 2.87. The summed E-state index contributed by atoms with van der Waals surface area (Å²) < 4.78 is 0. The Morgan fingerprint density at radius 2 is 1.89 bits per heavy atom. The molecule has 3 rings (SSSR count). The molecular weight excluding hydrogens is 224 g/mol. The van der Waals surface area contributed by atoms with Crippen molar-refractivity contribution in [2.45, 2.75) is 31.8 Å². The highest BCUT2D eigenvalue weighted by molar-refractivity contribution is 5.35. The maximum atomic E-state index is 10.1. The first-order valence-corrected chi connectivity index (χ1v) is 6.38. The number of aromatic nitrogens is 2. The fraction of sp³-hybridized carbons (Fsp3) is 0.333. The molecule has 3 nitrogen and oxygen atoms in total. The van der Waals surface area contributed by atoms with Crippen molar-refractivity contribution < 1.29 is 5.11 Å². The molecular formula is C15H16N2O. The summed E-state index contributed by atoms with van der Waals surface area (Å²) in [5.74, 6) is 0.498. The van der Waals surface area contributed by atoms with Crippen LogP contribution in [0.5, 0.6) is 0 Å². The van der Waals surface area contributed by atoms with Crippen LogP contribution in [0.3, 0.4) is 0 Å². The molecule has 0 radical (unpaired) electrons. The Morgan fingerprint density at radius 3 is 2.72 bits per heavy atom. The van der Waals surface area contributed by atoms with Gasteiger partial charge in [0.05, 0.1) is 0 Å². The van der Waals surface area contributed by atoms with Gasteiger partial charge in [-0.1, -0.05) is 18.2 Å². The summed E-state index contributed by atoms with van der Waals surface area (Å²) in [7, 11) is 0. The van der Waals surface area contributed by atoms with Gasteiger partial charge in [0.2, 0.25) is 0 Å². The molecule has 0 amide bonds. The minimum Gasteiger partial charge on any atom is -0.385 e. The first-order valence-electron chi connectivity index (χ1n) is 6.38. The Bertz CT molecular complexity index is 539. The monoisotopic (exact) mass is 240 g/mol. The van der Waals surface area contributed by atoms with Crippen molar-refractivity contribution >= 4 is 0 Å². The van der Waals surface area contributed by atoms with E-state index in [4.69, 9.17) is 0 Å². The summed E-state index contributed by atoms with van der Waals surface area (Å²) in [5.41, 5.74) is 4.06. The fourth-order valence-electron chi connectivity index (χ4n) is 2.55. The lowest BCUT2D eigenvalue weighted by Crippen LogP contribution is -2.06. The topological polar surface area (TPSA) is 46.0 Å². The second-order valence-corrected chi connectivity index (χ2v) is 4.78. The first kappa shape index (κ1) is 11.4. The highest BCUT2D eigenvalue weighted by atomic mass is 16.3. The minimum absolute atomic E-state index is 0.498. The Hall–Kier alpha value is -1.74. The molecule has 1 aliphatic rings. The van der Waals surface area contributed by atoms with Crippen molar-refractivity contribution in [2.75, 3.05) is 0 Å². The van der Waals surface area contributed by atoms with Gasteiger partial charge in [0, 0.05) is 18.8 Å². The lowest BCUT2D eigenvalue weighted by molar-refractivity contribution is 0.168. The van der Waals surface area contributed by atoms with Crippen LogP contribution < -0.4 is 0 Å². The third-order valence-corrected chi connectivity index (χ3v) is 3.48. The van der Waals surface area contributed by atoms with Crippen LogP contribution in [0.25, 0.3) is 0 Å². The molecule has 1 aromatic carbocycles. The molecule has 1 aromatic heterocycles. The molecule has 0 fully saturated rings. The summed E-state index contributed by atoms with van der Waals surface area (Å²) >= 11 is 0. The van der Waals surface area contributed by atoms with Crippen LogP contribution >= 0.6 is 0 Å². The quantitative estimate of drug-likeness (QED) is 0.895. The van der Waals surface area contributed by atoms with Gasteiger partial charge in [0.1, 0.15) is 6.10 Å². The second kappa shape index (κ2) is 4.86. The van der Waals surface area contributed by atoms with Gasteiger partial charge in [-0.2, -0.15) is 0 Å². The molecule has 1 heterocycles. The number of hydrogen-bond donors (Lipinski definition) is 1. The number of aliphatic hydroxyl groups excluding tert-OH is 1. The molecule has 92 valence electrons. The summed E-state index contributed by atoms with van der Waals surface area (Å²) in [6.45, 7) is 0. The third kappa shape index (κ3) is 2.27. The lowest BCUT2D eigenvalue weighted by atomic mass is 10.0. The third-order valence-electron chi connectivity index (χ3n) is 3.48. The van der Waals surface area contributed by atoms with Gasteiger partial charge in [-0.3, -0.25) is 0 Å². The van der Waals surface area contributed by atoms with E-state index in [0.29, 0.717) is 12.2 Å². The molecule has 0 aliphatic heterocycles.